The molecule has 0 unspecified atom stereocenters. The summed E-state index contributed by atoms with van der Waals surface area (Å²) in [4.78, 5) is 0. The van der Waals surface area contributed by atoms with Gasteiger partial charge in [0.05, 0.1) is 0 Å². The molecule has 1 heteroatoms. The van der Waals surface area contributed by atoms with Gasteiger partial charge in [-0.3, -0.25) is 0 Å². The summed E-state index contributed by atoms with van der Waals surface area (Å²) in [5, 5.41) is 3.36. The second-order valence-electron chi connectivity index (χ2n) is 6.67. The minimum atomic E-state index is -1.46. The van der Waals surface area contributed by atoms with Crippen LogP contribution in [0.3, 0.4) is 0 Å². The minimum absolute atomic E-state index is 1.28. The standard InChI is InChI=1S/C20H34Si/c1-5-7-9-12-16-19(15-11-8-6-2)21(3,4)20-17-13-10-14-18-20/h10,13-14,16-18H,5-9,11-12,15H2,1-4H3/b19-16+. The fraction of sp³-hybridized carbons (Fsp3) is 0.600. The number of benzene rings is 1. The Morgan fingerprint density at radius 1 is 0.905 bits per heavy atom. The molecule has 0 aliphatic rings. The van der Waals surface area contributed by atoms with Gasteiger partial charge in [0, 0.05) is 0 Å². The molecule has 1 aromatic carbocycles. The van der Waals surface area contributed by atoms with Crippen molar-refractivity contribution in [3.63, 3.8) is 0 Å². The molecule has 0 amide bonds. The topological polar surface area (TPSA) is 0 Å². The normalized spacial score (nSPS) is 12.7. The van der Waals surface area contributed by atoms with Gasteiger partial charge in [-0.1, -0.05) is 99.4 Å². The highest BCUT2D eigenvalue weighted by molar-refractivity contribution is 6.95. The molecule has 0 aliphatic heterocycles. The van der Waals surface area contributed by atoms with Crippen molar-refractivity contribution in [1.29, 1.82) is 0 Å². The molecule has 0 aliphatic carbocycles. The Bertz CT molecular complexity index is 403. The average Bonchev–Trinajstić information content (AvgIpc) is 2.50. The van der Waals surface area contributed by atoms with Crippen LogP contribution in [-0.2, 0) is 0 Å². The van der Waals surface area contributed by atoms with E-state index in [2.05, 4.69) is 63.3 Å². The zero-order chi connectivity index (χ0) is 15.6. The van der Waals surface area contributed by atoms with E-state index in [0.717, 1.165) is 0 Å². The van der Waals surface area contributed by atoms with Crippen molar-refractivity contribution in [2.45, 2.75) is 78.3 Å². The lowest BCUT2D eigenvalue weighted by atomic mass is 10.1. The van der Waals surface area contributed by atoms with Gasteiger partial charge in [-0.15, -0.1) is 0 Å². The van der Waals surface area contributed by atoms with Crippen LogP contribution in [0.2, 0.25) is 13.1 Å². The van der Waals surface area contributed by atoms with Gasteiger partial charge in [-0.05, 0) is 25.7 Å². The largest absolute Gasteiger partial charge is 0.107 e. The van der Waals surface area contributed by atoms with Gasteiger partial charge in [-0.25, -0.2) is 0 Å². The number of unbranched alkanes of at least 4 members (excludes halogenated alkanes) is 5. The molecule has 0 nitrogen and oxygen atoms in total. The molecule has 1 aromatic rings. The fourth-order valence-corrected chi connectivity index (χ4v) is 5.80. The molecular weight excluding hydrogens is 268 g/mol. The summed E-state index contributed by atoms with van der Waals surface area (Å²) in [6.07, 6.45) is 13.3. The maximum atomic E-state index is 2.60. The van der Waals surface area contributed by atoms with Crippen LogP contribution in [0.25, 0.3) is 0 Å². The third-order valence-electron chi connectivity index (χ3n) is 4.55. The van der Waals surface area contributed by atoms with Crippen molar-refractivity contribution in [1.82, 2.24) is 0 Å². The molecular formula is C20H34Si. The highest BCUT2D eigenvalue weighted by atomic mass is 28.3. The molecule has 118 valence electrons. The summed E-state index contributed by atoms with van der Waals surface area (Å²) in [5.74, 6) is 0. The van der Waals surface area contributed by atoms with Gasteiger partial charge in [0.25, 0.3) is 0 Å². The summed E-state index contributed by atoms with van der Waals surface area (Å²) in [6, 6.07) is 11.2. The monoisotopic (exact) mass is 302 g/mol. The average molecular weight is 303 g/mol. The molecule has 0 atom stereocenters. The highest BCUT2D eigenvalue weighted by Gasteiger charge is 2.27. The molecule has 0 saturated heterocycles. The lowest BCUT2D eigenvalue weighted by Crippen LogP contribution is -2.43. The molecule has 1 rings (SSSR count). The quantitative estimate of drug-likeness (QED) is 0.355. The van der Waals surface area contributed by atoms with Crippen LogP contribution in [0.1, 0.15) is 65.2 Å². The predicted octanol–water partition coefficient (Wildman–Crippen LogP) is 6.23. The van der Waals surface area contributed by atoms with E-state index in [1.54, 1.807) is 10.4 Å². The van der Waals surface area contributed by atoms with Crippen LogP contribution in [-0.4, -0.2) is 8.07 Å². The molecule has 0 spiro atoms. The summed E-state index contributed by atoms with van der Waals surface area (Å²) in [6.45, 7) is 9.64. The van der Waals surface area contributed by atoms with E-state index >= 15 is 0 Å². The van der Waals surface area contributed by atoms with Gasteiger partial charge < -0.3 is 0 Å². The van der Waals surface area contributed by atoms with Crippen LogP contribution in [0.5, 0.6) is 0 Å². The van der Waals surface area contributed by atoms with Crippen molar-refractivity contribution < 1.29 is 0 Å². The number of hydrogen-bond donors (Lipinski definition) is 0. The molecule has 0 radical (unpaired) electrons. The first kappa shape index (κ1) is 18.2. The van der Waals surface area contributed by atoms with E-state index in [1.165, 1.54) is 51.4 Å². The lowest BCUT2D eigenvalue weighted by molar-refractivity contribution is 0.709. The molecule has 0 N–H and O–H groups in total. The fourth-order valence-electron chi connectivity index (χ4n) is 2.95. The zero-order valence-electron chi connectivity index (χ0n) is 14.6. The van der Waals surface area contributed by atoms with E-state index in [1.807, 2.05) is 0 Å². The zero-order valence-corrected chi connectivity index (χ0v) is 15.6. The van der Waals surface area contributed by atoms with E-state index < -0.39 is 8.07 Å². The summed E-state index contributed by atoms with van der Waals surface area (Å²) < 4.78 is 0. The van der Waals surface area contributed by atoms with Crippen molar-refractivity contribution >= 4 is 13.3 Å². The Hall–Kier alpha value is -0.823. The summed E-state index contributed by atoms with van der Waals surface area (Å²) >= 11 is 0. The van der Waals surface area contributed by atoms with Crippen LogP contribution < -0.4 is 5.19 Å². The van der Waals surface area contributed by atoms with E-state index in [4.69, 9.17) is 0 Å². The van der Waals surface area contributed by atoms with E-state index in [0.29, 0.717) is 0 Å². The number of allylic oxidation sites excluding steroid dienone is 2. The van der Waals surface area contributed by atoms with Crippen molar-refractivity contribution in [3.8, 4) is 0 Å². The maximum absolute atomic E-state index is 2.60. The van der Waals surface area contributed by atoms with Gasteiger partial charge in [-0.2, -0.15) is 0 Å². The van der Waals surface area contributed by atoms with Crippen LogP contribution in [0, 0.1) is 0 Å². The van der Waals surface area contributed by atoms with Crippen molar-refractivity contribution in [2.75, 3.05) is 0 Å². The molecule has 0 fully saturated rings. The van der Waals surface area contributed by atoms with Crippen LogP contribution in [0.4, 0.5) is 0 Å². The Balaban J connectivity index is 2.82. The van der Waals surface area contributed by atoms with Gasteiger partial charge in [0.15, 0.2) is 0 Å². The smallest absolute Gasteiger partial charge is 0.0888 e. The third-order valence-corrected chi connectivity index (χ3v) is 8.38. The molecule has 0 saturated carbocycles. The Labute approximate surface area is 133 Å². The molecule has 0 heterocycles. The molecule has 21 heavy (non-hydrogen) atoms. The first-order chi connectivity index (χ1) is 10.1. The second kappa shape index (κ2) is 10.00. The van der Waals surface area contributed by atoms with E-state index in [-0.39, 0.29) is 0 Å². The first-order valence-electron chi connectivity index (χ1n) is 8.88. The predicted molar refractivity (Wildman–Crippen MR) is 99.9 cm³/mol. The Kier molecular flexibility index (Phi) is 8.68. The SMILES string of the molecule is CCCCC/C=C(\CCCCC)[Si](C)(C)c1ccccc1. The van der Waals surface area contributed by atoms with Gasteiger partial charge in [0.2, 0.25) is 0 Å². The third kappa shape index (κ3) is 6.21. The van der Waals surface area contributed by atoms with Gasteiger partial charge in [0.1, 0.15) is 8.07 Å². The second-order valence-corrected chi connectivity index (χ2v) is 11.1. The lowest BCUT2D eigenvalue weighted by Gasteiger charge is -2.27. The first-order valence-corrected chi connectivity index (χ1v) is 11.9. The molecule has 0 aromatic heterocycles. The van der Waals surface area contributed by atoms with Crippen molar-refractivity contribution in [2.24, 2.45) is 0 Å². The van der Waals surface area contributed by atoms with Gasteiger partial charge >= 0.3 is 0 Å². The van der Waals surface area contributed by atoms with E-state index in [9.17, 15) is 0 Å². The van der Waals surface area contributed by atoms with Crippen molar-refractivity contribution in [3.05, 3.63) is 41.6 Å². The summed E-state index contributed by atoms with van der Waals surface area (Å²) in [5.41, 5.74) is 0. The van der Waals surface area contributed by atoms with Crippen LogP contribution in [0.15, 0.2) is 41.6 Å². The van der Waals surface area contributed by atoms with Crippen LogP contribution >= 0.6 is 0 Å². The Morgan fingerprint density at radius 3 is 2.14 bits per heavy atom. The molecule has 0 bridgehead atoms. The maximum Gasteiger partial charge on any atom is 0.107 e. The minimum Gasteiger partial charge on any atom is -0.0888 e. The highest BCUT2D eigenvalue weighted by Crippen LogP contribution is 2.22. The number of rotatable bonds is 10. The Morgan fingerprint density at radius 2 is 1.52 bits per heavy atom. The number of hydrogen-bond acceptors (Lipinski definition) is 0. The summed E-state index contributed by atoms with van der Waals surface area (Å²) in [7, 11) is -1.46.